The van der Waals surface area contributed by atoms with E-state index in [4.69, 9.17) is 27.9 Å². The Bertz CT molecular complexity index is 658. The number of hydrogen-bond donors (Lipinski definition) is 1. The van der Waals surface area contributed by atoms with Crippen molar-refractivity contribution in [1.29, 1.82) is 0 Å². The van der Waals surface area contributed by atoms with Crippen LogP contribution in [-0.4, -0.2) is 31.1 Å². The third-order valence-electron chi connectivity index (χ3n) is 3.61. The smallest absolute Gasteiger partial charge is 0.337 e. The van der Waals surface area contributed by atoms with Gasteiger partial charge in [-0.05, 0) is 18.1 Å². The van der Waals surface area contributed by atoms with E-state index in [0.717, 1.165) is 0 Å². The lowest BCUT2D eigenvalue weighted by atomic mass is 9.93. The Morgan fingerprint density at radius 2 is 2.09 bits per heavy atom. The van der Waals surface area contributed by atoms with Gasteiger partial charge in [0.1, 0.15) is 0 Å². The van der Waals surface area contributed by atoms with Gasteiger partial charge in [0.25, 0.3) is 0 Å². The standard InChI is InChI=1S/C15H16Cl2N2O3/c1-4-10-11(14(20)22-3)13(18-15(21)19(10)2)8-6-5-7-9(16)12(8)17/h5-7,13H,4H2,1-3H3,(H,18,21). The van der Waals surface area contributed by atoms with E-state index in [-0.39, 0.29) is 6.03 Å². The van der Waals surface area contributed by atoms with Crippen LogP contribution in [0.5, 0.6) is 0 Å². The van der Waals surface area contributed by atoms with Crippen LogP contribution < -0.4 is 5.32 Å². The molecule has 2 amide bonds. The SMILES string of the molecule is CCC1=C(C(=O)OC)C(c2cccc(Cl)c2Cl)NC(=O)N1C. The van der Waals surface area contributed by atoms with Crippen molar-refractivity contribution in [2.45, 2.75) is 19.4 Å². The first kappa shape index (κ1) is 16.6. The number of urea groups is 1. The van der Waals surface area contributed by atoms with Crippen LogP contribution in [0.4, 0.5) is 4.79 Å². The van der Waals surface area contributed by atoms with Gasteiger partial charge in [-0.2, -0.15) is 0 Å². The summed E-state index contributed by atoms with van der Waals surface area (Å²) in [5.74, 6) is -0.509. The molecule has 22 heavy (non-hydrogen) atoms. The number of ether oxygens (including phenoxy) is 1. The summed E-state index contributed by atoms with van der Waals surface area (Å²) in [6.45, 7) is 1.87. The Morgan fingerprint density at radius 1 is 1.41 bits per heavy atom. The molecular formula is C15H16Cl2N2O3. The number of carbonyl (C=O) groups excluding carboxylic acids is 2. The van der Waals surface area contributed by atoms with E-state index < -0.39 is 12.0 Å². The molecule has 5 nitrogen and oxygen atoms in total. The highest BCUT2D eigenvalue weighted by Crippen LogP contribution is 2.37. The van der Waals surface area contributed by atoms with E-state index in [1.807, 2.05) is 6.92 Å². The molecule has 1 aromatic rings. The van der Waals surface area contributed by atoms with Crippen molar-refractivity contribution in [2.24, 2.45) is 0 Å². The molecule has 1 aromatic carbocycles. The Balaban J connectivity index is 2.66. The maximum Gasteiger partial charge on any atom is 0.337 e. The third kappa shape index (κ3) is 2.78. The fourth-order valence-electron chi connectivity index (χ4n) is 2.51. The van der Waals surface area contributed by atoms with Gasteiger partial charge in [0.2, 0.25) is 0 Å². The van der Waals surface area contributed by atoms with E-state index >= 15 is 0 Å². The Labute approximate surface area is 138 Å². The molecule has 0 aliphatic carbocycles. The average Bonchev–Trinajstić information content (AvgIpc) is 2.51. The fraction of sp³-hybridized carbons (Fsp3) is 0.333. The minimum Gasteiger partial charge on any atom is -0.466 e. The van der Waals surface area contributed by atoms with Crippen LogP contribution in [0.15, 0.2) is 29.5 Å². The van der Waals surface area contributed by atoms with Gasteiger partial charge in [0.15, 0.2) is 0 Å². The van der Waals surface area contributed by atoms with E-state index in [0.29, 0.717) is 33.3 Å². The molecule has 0 saturated carbocycles. The summed E-state index contributed by atoms with van der Waals surface area (Å²) in [6, 6.07) is 4.07. The van der Waals surface area contributed by atoms with Crippen molar-refractivity contribution in [3.8, 4) is 0 Å². The van der Waals surface area contributed by atoms with Gasteiger partial charge in [-0.15, -0.1) is 0 Å². The zero-order valence-corrected chi connectivity index (χ0v) is 14.0. The lowest BCUT2D eigenvalue weighted by Gasteiger charge is -2.34. The molecule has 0 saturated heterocycles. The van der Waals surface area contributed by atoms with Crippen molar-refractivity contribution in [3.63, 3.8) is 0 Å². The molecule has 1 atom stereocenters. The molecule has 0 aromatic heterocycles. The summed E-state index contributed by atoms with van der Waals surface area (Å²) in [5.41, 5.74) is 1.51. The fourth-order valence-corrected chi connectivity index (χ4v) is 2.93. The van der Waals surface area contributed by atoms with Crippen molar-refractivity contribution < 1.29 is 14.3 Å². The third-order valence-corrected chi connectivity index (χ3v) is 4.44. The molecule has 118 valence electrons. The maximum absolute atomic E-state index is 12.2. The molecule has 1 aliphatic heterocycles. The van der Waals surface area contributed by atoms with Crippen LogP contribution in [0, 0.1) is 0 Å². The van der Waals surface area contributed by atoms with Crippen molar-refractivity contribution in [2.75, 3.05) is 14.2 Å². The zero-order chi connectivity index (χ0) is 16.4. The van der Waals surface area contributed by atoms with E-state index in [1.54, 1.807) is 25.2 Å². The molecule has 7 heteroatoms. The largest absolute Gasteiger partial charge is 0.466 e. The monoisotopic (exact) mass is 342 g/mol. The van der Waals surface area contributed by atoms with Gasteiger partial charge in [-0.25, -0.2) is 9.59 Å². The normalized spacial score (nSPS) is 18.3. The predicted octanol–water partition coefficient (Wildman–Crippen LogP) is 3.53. The Hall–Kier alpha value is -1.72. The summed E-state index contributed by atoms with van der Waals surface area (Å²) < 4.78 is 4.88. The van der Waals surface area contributed by atoms with Gasteiger partial charge >= 0.3 is 12.0 Å². The topological polar surface area (TPSA) is 58.6 Å². The maximum atomic E-state index is 12.2. The minimum absolute atomic E-state index is 0.302. The lowest BCUT2D eigenvalue weighted by Crippen LogP contribution is -2.46. The number of benzene rings is 1. The van der Waals surface area contributed by atoms with E-state index in [9.17, 15) is 9.59 Å². The highest BCUT2D eigenvalue weighted by molar-refractivity contribution is 6.42. The highest BCUT2D eigenvalue weighted by Gasteiger charge is 2.36. The first-order chi connectivity index (χ1) is 10.4. The Kier molecular flexibility index (Phi) is 4.98. The second-order valence-electron chi connectivity index (χ2n) is 4.79. The van der Waals surface area contributed by atoms with Crippen molar-refractivity contribution in [1.82, 2.24) is 10.2 Å². The van der Waals surface area contributed by atoms with E-state index in [2.05, 4.69) is 5.32 Å². The molecule has 0 fully saturated rings. The van der Waals surface area contributed by atoms with Gasteiger partial charge in [-0.1, -0.05) is 42.3 Å². The van der Waals surface area contributed by atoms with Crippen LogP contribution in [0.1, 0.15) is 24.9 Å². The van der Waals surface area contributed by atoms with Gasteiger partial charge in [0, 0.05) is 12.7 Å². The molecule has 2 rings (SSSR count). The molecule has 1 aliphatic rings. The number of amides is 2. The van der Waals surface area contributed by atoms with Gasteiger partial charge < -0.3 is 15.0 Å². The molecular weight excluding hydrogens is 327 g/mol. The molecule has 0 spiro atoms. The number of nitrogens with one attached hydrogen (secondary N) is 1. The van der Waals surface area contributed by atoms with Crippen LogP contribution in [0.25, 0.3) is 0 Å². The first-order valence-electron chi connectivity index (χ1n) is 6.71. The molecule has 1 N–H and O–H groups in total. The van der Waals surface area contributed by atoms with Crippen LogP contribution in [0.3, 0.4) is 0 Å². The van der Waals surface area contributed by atoms with Crippen molar-refractivity contribution >= 4 is 35.2 Å². The summed E-state index contributed by atoms with van der Waals surface area (Å²) in [7, 11) is 2.91. The average molecular weight is 343 g/mol. The number of carbonyl (C=O) groups is 2. The van der Waals surface area contributed by atoms with Gasteiger partial charge in [-0.3, -0.25) is 0 Å². The number of methoxy groups -OCH3 is 1. The van der Waals surface area contributed by atoms with Gasteiger partial charge in [0.05, 0.1) is 28.8 Å². The Morgan fingerprint density at radius 3 is 2.68 bits per heavy atom. The number of rotatable bonds is 3. The second-order valence-corrected chi connectivity index (χ2v) is 5.58. The molecule has 0 radical (unpaired) electrons. The zero-order valence-electron chi connectivity index (χ0n) is 12.4. The lowest BCUT2D eigenvalue weighted by molar-refractivity contribution is -0.136. The number of hydrogen-bond acceptors (Lipinski definition) is 3. The highest BCUT2D eigenvalue weighted by atomic mass is 35.5. The quantitative estimate of drug-likeness (QED) is 0.855. The number of halogens is 2. The number of nitrogens with zero attached hydrogens (tertiary/aromatic N) is 1. The molecule has 1 unspecified atom stereocenters. The minimum atomic E-state index is -0.697. The molecule has 0 bridgehead atoms. The predicted molar refractivity (Wildman–Crippen MR) is 84.8 cm³/mol. The summed E-state index contributed by atoms with van der Waals surface area (Å²) in [4.78, 5) is 25.8. The summed E-state index contributed by atoms with van der Waals surface area (Å²) >= 11 is 12.3. The summed E-state index contributed by atoms with van der Waals surface area (Å²) in [5, 5.41) is 3.42. The van der Waals surface area contributed by atoms with Crippen LogP contribution >= 0.6 is 23.2 Å². The summed E-state index contributed by atoms with van der Waals surface area (Å²) in [6.07, 6.45) is 0.503. The van der Waals surface area contributed by atoms with Crippen molar-refractivity contribution in [3.05, 3.63) is 45.1 Å². The molecule has 1 heterocycles. The number of allylic oxidation sites excluding steroid dienone is 1. The van der Waals surface area contributed by atoms with Crippen LogP contribution in [0.2, 0.25) is 10.0 Å². The van der Waals surface area contributed by atoms with Crippen LogP contribution in [-0.2, 0) is 9.53 Å². The van der Waals surface area contributed by atoms with E-state index in [1.165, 1.54) is 12.0 Å². The second kappa shape index (κ2) is 6.58. The number of esters is 1. The first-order valence-corrected chi connectivity index (χ1v) is 7.47.